The minimum Gasteiger partial charge on any atom is -0.376 e. The molecule has 0 radical (unpaired) electrons. The second-order valence-electron chi connectivity index (χ2n) is 8.41. The molecule has 0 saturated carbocycles. The third-order valence-electron chi connectivity index (χ3n) is 6.01. The molecule has 0 aromatic heterocycles. The molecule has 0 spiro atoms. The van der Waals surface area contributed by atoms with Crippen LogP contribution in [0.15, 0.2) is 48.5 Å². The minimum absolute atomic E-state index is 0.0426. The Morgan fingerprint density at radius 3 is 1.94 bits per heavy atom. The number of anilines is 2. The van der Waals surface area contributed by atoms with Crippen LogP contribution < -0.4 is 10.6 Å². The van der Waals surface area contributed by atoms with E-state index in [0.717, 1.165) is 57.5 Å². The molecule has 0 unspecified atom stereocenters. The topological polar surface area (TPSA) is 81.8 Å². The maximum absolute atomic E-state index is 12.7. The minimum atomic E-state index is -0.198. The zero-order valence-corrected chi connectivity index (χ0v) is 18.3. The zero-order chi connectivity index (χ0) is 22.3. The van der Waals surface area contributed by atoms with E-state index >= 15 is 0 Å². The smallest absolute Gasteiger partial charge is 0.253 e. The normalized spacial score (nSPS) is 16.0. The van der Waals surface area contributed by atoms with Gasteiger partial charge in [-0.2, -0.15) is 0 Å². The largest absolute Gasteiger partial charge is 0.376 e. The van der Waals surface area contributed by atoms with Gasteiger partial charge in [0.15, 0.2) is 0 Å². The van der Waals surface area contributed by atoms with Gasteiger partial charge in [-0.05, 0) is 74.6 Å². The van der Waals surface area contributed by atoms with Gasteiger partial charge in [0.25, 0.3) is 11.8 Å². The van der Waals surface area contributed by atoms with E-state index in [1.165, 1.54) is 6.42 Å². The van der Waals surface area contributed by atoms with Crippen LogP contribution in [-0.2, 0) is 4.79 Å². The van der Waals surface area contributed by atoms with E-state index in [-0.39, 0.29) is 24.3 Å². The number of carbonyl (C=O) groups excluding carboxylic acids is 3. The number of hydrogen-bond acceptors (Lipinski definition) is 4. The van der Waals surface area contributed by atoms with Crippen molar-refractivity contribution >= 4 is 29.1 Å². The quantitative estimate of drug-likeness (QED) is 0.728. The van der Waals surface area contributed by atoms with Gasteiger partial charge in [-0.3, -0.25) is 14.4 Å². The fourth-order valence-electron chi connectivity index (χ4n) is 4.23. The molecular formula is C25H30N4O3. The van der Waals surface area contributed by atoms with Crippen molar-refractivity contribution in [2.75, 3.05) is 43.4 Å². The lowest BCUT2D eigenvalue weighted by molar-refractivity contribution is -0.114. The standard InChI is InChI=1S/C25H30N4O3/c30-23(27-21-11-9-19(10-12-21)24(31)28-15-4-5-16-28)18-26-22-8-6-7-20(17-22)25(32)29-13-2-1-3-14-29/h6-12,17,26H,1-5,13-16,18H2,(H,27,30). The third kappa shape index (κ3) is 5.46. The second kappa shape index (κ2) is 10.3. The Kier molecular flexibility index (Phi) is 7.04. The van der Waals surface area contributed by atoms with Crippen LogP contribution in [0.2, 0.25) is 0 Å². The summed E-state index contributed by atoms with van der Waals surface area (Å²) in [5.74, 6) is -0.112. The Bertz CT molecular complexity index is 961. The molecule has 2 heterocycles. The van der Waals surface area contributed by atoms with Gasteiger partial charge in [0.1, 0.15) is 0 Å². The van der Waals surface area contributed by atoms with Gasteiger partial charge in [0.2, 0.25) is 5.91 Å². The highest BCUT2D eigenvalue weighted by atomic mass is 16.2. The van der Waals surface area contributed by atoms with Gasteiger partial charge in [-0.25, -0.2) is 0 Å². The summed E-state index contributed by atoms with van der Waals surface area (Å²) in [6.45, 7) is 3.32. The molecule has 2 aromatic carbocycles. The molecule has 4 rings (SSSR count). The first-order valence-electron chi connectivity index (χ1n) is 11.4. The Balaban J connectivity index is 1.28. The first-order valence-corrected chi connectivity index (χ1v) is 11.4. The average Bonchev–Trinajstić information content (AvgIpc) is 3.38. The Labute approximate surface area is 188 Å². The monoisotopic (exact) mass is 434 g/mol. The van der Waals surface area contributed by atoms with Crippen LogP contribution in [0.25, 0.3) is 0 Å². The maximum atomic E-state index is 12.7. The molecule has 0 aliphatic carbocycles. The van der Waals surface area contributed by atoms with Crippen molar-refractivity contribution in [1.29, 1.82) is 0 Å². The van der Waals surface area contributed by atoms with Gasteiger partial charge in [-0.15, -0.1) is 0 Å². The van der Waals surface area contributed by atoms with Gasteiger partial charge < -0.3 is 20.4 Å². The third-order valence-corrected chi connectivity index (χ3v) is 6.01. The predicted octanol–water partition coefficient (Wildman–Crippen LogP) is 3.60. The number of nitrogens with one attached hydrogen (secondary N) is 2. The van der Waals surface area contributed by atoms with Crippen molar-refractivity contribution in [3.63, 3.8) is 0 Å². The van der Waals surface area contributed by atoms with Crippen molar-refractivity contribution in [1.82, 2.24) is 9.80 Å². The fraction of sp³-hybridized carbons (Fsp3) is 0.400. The van der Waals surface area contributed by atoms with Crippen LogP contribution in [0.3, 0.4) is 0 Å². The molecule has 32 heavy (non-hydrogen) atoms. The molecule has 7 heteroatoms. The van der Waals surface area contributed by atoms with Crippen molar-refractivity contribution in [3.8, 4) is 0 Å². The highest BCUT2D eigenvalue weighted by molar-refractivity contribution is 5.97. The van der Waals surface area contributed by atoms with E-state index in [0.29, 0.717) is 16.8 Å². The van der Waals surface area contributed by atoms with Gasteiger partial charge >= 0.3 is 0 Å². The van der Waals surface area contributed by atoms with Crippen molar-refractivity contribution in [3.05, 3.63) is 59.7 Å². The number of nitrogens with zero attached hydrogens (tertiary/aromatic N) is 2. The zero-order valence-electron chi connectivity index (χ0n) is 18.3. The highest BCUT2D eigenvalue weighted by Gasteiger charge is 2.20. The van der Waals surface area contributed by atoms with E-state index in [1.807, 2.05) is 28.0 Å². The summed E-state index contributed by atoms with van der Waals surface area (Å²) >= 11 is 0. The highest BCUT2D eigenvalue weighted by Crippen LogP contribution is 2.17. The van der Waals surface area contributed by atoms with Crippen molar-refractivity contribution in [2.45, 2.75) is 32.1 Å². The van der Waals surface area contributed by atoms with Gasteiger partial charge in [0, 0.05) is 48.7 Å². The summed E-state index contributed by atoms with van der Waals surface area (Å²) in [5, 5.41) is 5.92. The first-order chi connectivity index (χ1) is 15.6. The Morgan fingerprint density at radius 2 is 1.28 bits per heavy atom. The lowest BCUT2D eigenvalue weighted by Gasteiger charge is -2.26. The number of rotatable bonds is 6. The first kappa shape index (κ1) is 21.9. The number of amides is 3. The summed E-state index contributed by atoms with van der Waals surface area (Å²) < 4.78 is 0. The molecule has 3 amide bonds. The van der Waals surface area contributed by atoms with E-state index in [4.69, 9.17) is 0 Å². The molecule has 2 fully saturated rings. The van der Waals surface area contributed by atoms with E-state index < -0.39 is 0 Å². The Morgan fingerprint density at radius 1 is 0.688 bits per heavy atom. The van der Waals surface area contributed by atoms with Crippen LogP contribution >= 0.6 is 0 Å². The number of hydrogen-bond donors (Lipinski definition) is 2. The molecular weight excluding hydrogens is 404 g/mol. The number of carbonyl (C=O) groups is 3. The van der Waals surface area contributed by atoms with Crippen LogP contribution in [0, 0.1) is 0 Å². The van der Waals surface area contributed by atoms with Crippen LogP contribution in [0.1, 0.15) is 52.8 Å². The molecule has 2 aliphatic heterocycles. The molecule has 2 saturated heterocycles. The van der Waals surface area contributed by atoms with E-state index in [2.05, 4.69) is 10.6 Å². The number of piperidine rings is 1. The van der Waals surface area contributed by atoms with Crippen molar-refractivity contribution in [2.24, 2.45) is 0 Å². The lowest BCUT2D eigenvalue weighted by atomic mass is 10.1. The average molecular weight is 435 g/mol. The SMILES string of the molecule is O=C(CNc1cccc(C(=O)N2CCCCC2)c1)Nc1ccc(C(=O)N2CCCC2)cc1. The molecule has 2 aromatic rings. The predicted molar refractivity (Wildman–Crippen MR) is 125 cm³/mol. The molecule has 2 aliphatic rings. The van der Waals surface area contributed by atoms with Crippen LogP contribution in [0.5, 0.6) is 0 Å². The summed E-state index contributed by atoms with van der Waals surface area (Å²) in [6.07, 6.45) is 5.40. The van der Waals surface area contributed by atoms with Gasteiger partial charge in [0.05, 0.1) is 6.54 Å². The maximum Gasteiger partial charge on any atom is 0.253 e. The lowest BCUT2D eigenvalue weighted by Crippen LogP contribution is -2.35. The summed E-state index contributed by atoms with van der Waals surface area (Å²) in [4.78, 5) is 41.2. The summed E-state index contributed by atoms with van der Waals surface area (Å²) in [7, 11) is 0. The van der Waals surface area contributed by atoms with Crippen LogP contribution in [0.4, 0.5) is 11.4 Å². The van der Waals surface area contributed by atoms with E-state index in [9.17, 15) is 14.4 Å². The van der Waals surface area contributed by atoms with Crippen LogP contribution in [-0.4, -0.2) is 60.2 Å². The number of likely N-dealkylation sites (tertiary alicyclic amines) is 2. The Hall–Kier alpha value is -3.35. The molecule has 7 nitrogen and oxygen atoms in total. The second-order valence-corrected chi connectivity index (χ2v) is 8.41. The molecule has 168 valence electrons. The van der Waals surface area contributed by atoms with Crippen molar-refractivity contribution < 1.29 is 14.4 Å². The summed E-state index contributed by atoms with van der Waals surface area (Å²) in [5.41, 5.74) is 2.65. The fourth-order valence-corrected chi connectivity index (χ4v) is 4.23. The van der Waals surface area contributed by atoms with E-state index in [1.54, 1.807) is 30.3 Å². The molecule has 2 N–H and O–H groups in total. The molecule has 0 atom stereocenters. The number of benzene rings is 2. The van der Waals surface area contributed by atoms with Gasteiger partial charge in [-0.1, -0.05) is 6.07 Å². The summed E-state index contributed by atoms with van der Waals surface area (Å²) in [6, 6.07) is 14.3. The molecule has 0 bridgehead atoms.